The van der Waals surface area contributed by atoms with Crippen LogP contribution >= 0.6 is 0 Å². The van der Waals surface area contributed by atoms with Crippen molar-refractivity contribution in [1.82, 2.24) is 5.32 Å². The third-order valence-electron chi connectivity index (χ3n) is 5.37. The van der Waals surface area contributed by atoms with E-state index >= 15 is 0 Å². The first-order valence-corrected chi connectivity index (χ1v) is 9.84. The molecule has 148 valence electrons. The number of anilines is 1. The molecular weight excluding hydrogens is 359 g/mol. The van der Waals surface area contributed by atoms with Gasteiger partial charge in [-0.2, -0.15) is 0 Å². The first-order chi connectivity index (χ1) is 13.5. The Morgan fingerprint density at radius 2 is 1.79 bits per heavy atom. The number of hydrogen-bond donors (Lipinski definition) is 2. The molecule has 1 heterocycles. The number of hydrogen-bond acceptors (Lipinski definition) is 4. The van der Waals surface area contributed by atoms with Crippen LogP contribution < -0.4 is 20.1 Å². The Bertz CT molecular complexity index is 847. The minimum atomic E-state index is -0.518. The third kappa shape index (κ3) is 4.12. The SMILES string of the molecule is CC(NCC(=O)Nc1ccc2c(c1)OC1(CCCCC1)O2)c1ccc(F)cc1. The molecule has 1 amide bonds. The summed E-state index contributed by atoms with van der Waals surface area (Å²) in [5, 5.41) is 6.03. The van der Waals surface area contributed by atoms with Crippen LogP contribution in [-0.4, -0.2) is 18.2 Å². The molecule has 0 radical (unpaired) electrons. The van der Waals surface area contributed by atoms with Gasteiger partial charge in [0.1, 0.15) is 5.82 Å². The van der Waals surface area contributed by atoms with Crippen LogP contribution in [0.15, 0.2) is 42.5 Å². The van der Waals surface area contributed by atoms with Crippen molar-refractivity contribution in [3.05, 3.63) is 53.8 Å². The molecule has 0 saturated heterocycles. The lowest BCUT2D eigenvalue weighted by Crippen LogP contribution is -2.40. The molecule has 1 unspecified atom stereocenters. The Labute approximate surface area is 164 Å². The standard InChI is InChI=1S/C22H25FN2O3/c1-15(16-5-7-17(23)8-6-16)24-14-21(26)25-18-9-10-19-20(13-18)28-22(27-19)11-3-2-4-12-22/h5-10,13,15,24H,2-4,11-12,14H2,1H3,(H,25,26). The number of carbonyl (C=O) groups excluding carboxylic acids is 1. The highest BCUT2D eigenvalue weighted by Gasteiger charge is 2.42. The normalized spacial score (nSPS) is 18.1. The lowest BCUT2D eigenvalue weighted by molar-refractivity contribution is -0.115. The molecule has 1 fully saturated rings. The van der Waals surface area contributed by atoms with Crippen LogP contribution in [0.2, 0.25) is 0 Å². The minimum absolute atomic E-state index is 0.0609. The van der Waals surface area contributed by atoms with Gasteiger partial charge in [-0.3, -0.25) is 4.79 Å². The van der Waals surface area contributed by atoms with E-state index in [1.54, 1.807) is 12.1 Å². The van der Waals surface area contributed by atoms with Crippen LogP contribution in [0.25, 0.3) is 0 Å². The molecule has 5 nitrogen and oxygen atoms in total. The molecule has 0 bridgehead atoms. The van der Waals surface area contributed by atoms with Gasteiger partial charge in [-0.15, -0.1) is 0 Å². The fourth-order valence-corrected chi connectivity index (χ4v) is 3.79. The second-order valence-electron chi connectivity index (χ2n) is 7.54. The number of amides is 1. The van der Waals surface area contributed by atoms with Crippen LogP contribution in [0.4, 0.5) is 10.1 Å². The summed E-state index contributed by atoms with van der Waals surface area (Å²) in [7, 11) is 0. The van der Waals surface area contributed by atoms with Gasteiger partial charge in [0.15, 0.2) is 11.5 Å². The van der Waals surface area contributed by atoms with Crippen LogP contribution in [0.1, 0.15) is 50.6 Å². The maximum Gasteiger partial charge on any atom is 0.251 e. The van der Waals surface area contributed by atoms with E-state index in [9.17, 15) is 9.18 Å². The lowest BCUT2D eigenvalue weighted by atomic mass is 9.94. The molecule has 6 heteroatoms. The van der Waals surface area contributed by atoms with E-state index in [1.807, 2.05) is 25.1 Å². The summed E-state index contributed by atoms with van der Waals surface area (Å²) in [6.07, 6.45) is 5.23. The predicted molar refractivity (Wildman–Crippen MR) is 105 cm³/mol. The molecule has 0 aromatic heterocycles. The zero-order valence-corrected chi connectivity index (χ0v) is 16.0. The highest BCUT2D eigenvalue weighted by molar-refractivity contribution is 5.92. The van der Waals surface area contributed by atoms with Gasteiger partial charge in [-0.05, 0) is 49.6 Å². The molecule has 1 saturated carbocycles. The number of rotatable bonds is 5. The van der Waals surface area contributed by atoms with Gasteiger partial charge >= 0.3 is 0 Å². The molecule has 1 atom stereocenters. The van der Waals surface area contributed by atoms with Crippen molar-refractivity contribution < 1.29 is 18.7 Å². The van der Waals surface area contributed by atoms with Gasteiger partial charge in [-0.25, -0.2) is 4.39 Å². The van der Waals surface area contributed by atoms with Gasteiger partial charge in [0.05, 0.1) is 6.54 Å². The predicted octanol–water partition coefficient (Wildman–Crippen LogP) is 4.55. The molecule has 2 aromatic rings. The van der Waals surface area contributed by atoms with Crippen molar-refractivity contribution in [3.8, 4) is 11.5 Å². The van der Waals surface area contributed by atoms with E-state index in [2.05, 4.69) is 10.6 Å². The highest BCUT2D eigenvalue weighted by atomic mass is 19.1. The van der Waals surface area contributed by atoms with Gasteiger partial charge in [0.2, 0.25) is 5.91 Å². The maximum atomic E-state index is 13.0. The summed E-state index contributed by atoms with van der Waals surface area (Å²) in [6.45, 7) is 2.08. The zero-order valence-electron chi connectivity index (χ0n) is 16.0. The van der Waals surface area contributed by atoms with Crippen molar-refractivity contribution in [2.75, 3.05) is 11.9 Å². The summed E-state index contributed by atoms with van der Waals surface area (Å²) in [5.41, 5.74) is 1.60. The van der Waals surface area contributed by atoms with E-state index in [4.69, 9.17) is 9.47 Å². The molecule has 4 rings (SSSR count). The summed E-state index contributed by atoms with van der Waals surface area (Å²) >= 11 is 0. The zero-order chi connectivity index (χ0) is 19.6. The molecular formula is C22H25FN2O3. The summed E-state index contributed by atoms with van der Waals surface area (Å²) in [5.74, 6) is 0.483. The topological polar surface area (TPSA) is 59.6 Å². The van der Waals surface area contributed by atoms with Crippen LogP contribution in [0.3, 0.4) is 0 Å². The van der Waals surface area contributed by atoms with Crippen LogP contribution in [0.5, 0.6) is 11.5 Å². The molecule has 2 aliphatic rings. The maximum absolute atomic E-state index is 13.0. The lowest BCUT2D eigenvalue weighted by Gasteiger charge is -2.31. The molecule has 1 aliphatic carbocycles. The number of benzene rings is 2. The van der Waals surface area contributed by atoms with Crippen molar-refractivity contribution >= 4 is 11.6 Å². The number of nitrogens with one attached hydrogen (secondary N) is 2. The second kappa shape index (κ2) is 7.80. The van der Waals surface area contributed by atoms with Crippen molar-refractivity contribution in [1.29, 1.82) is 0 Å². The number of fused-ring (bicyclic) bond motifs is 1. The minimum Gasteiger partial charge on any atom is -0.448 e. The Morgan fingerprint density at radius 1 is 1.07 bits per heavy atom. The van der Waals surface area contributed by atoms with Crippen molar-refractivity contribution in [3.63, 3.8) is 0 Å². The molecule has 28 heavy (non-hydrogen) atoms. The van der Waals surface area contributed by atoms with Crippen molar-refractivity contribution in [2.24, 2.45) is 0 Å². The highest BCUT2D eigenvalue weighted by Crippen LogP contribution is 2.46. The van der Waals surface area contributed by atoms with Gasteiger partial charge in [-0.1, -0.05) is 18.6 Å². The Kier molecular flexibility index (Phi) is 5.22. The van der Waals surface area contributed by atoms with Gasteiger partial charge < -0.3 is 20.1 Å². The van der Waals surface area contributed by atoms with Crippen LogP contribution in [0, 0.1) is 5.82 Å². The Balaban J connectivity index is 1.32. The number of halogens is 1. The Hall–Kier alpha value is -2.60. The van der Waals surface area contributed by atoms with Crippen LogP contribution in [-0.2, 0) is 4.79 Å². The molecule has 1 aliphatic heterocycles. The average Bonchev–Trinajstić information content (AvgIpc) is 3.03. The smallest absolute Gasteiger partial charge is 0.251 e. The Morgan fingerprint density at radius 3 is 2.54 bits per heavy atom. The van der Waals surface area contributed by atoms with Crippen molar-refractivity contribution in [2.45, 2.75) is 50.9 Å². The second-order valence-corrected chi connectivity index (χ2v) is 7.54. The summed E-state index contributed by atoms with van der Waals surface area (Å²) in [4.78, 5) is 12.3. The van der Waals surface area contributed by atoms with Gasteiger partial charge in [0.25, 0.3) is 5.79 Å². The van der Waals surface area contributed by atoms with E-state index in [-0.39, 0.29) is 24.3 Å². The number of ether oxygens (including phenoxy) is 2. The fourth-order valence-electron chi connectivity index (χ4n) is 3.79. The largest absolute Gasteiger partial charge is 0.448 e. The quantitative estimate of drug-likeness (QED) is 0.794. The first kappa shape index (κ1) is 18.7. The van der Waals surface area contributed by atoms with E-state index < -0.39 is 5.79 Å². The van der Waals surface area contributed by atoms with E-state index in [1.165, 1.54) is 18.6 Å². The average molecular weight is 384 g/mol. The van der Waals surface area contributed by atoms with E-state index in [0.717, 1.165) is 37.0 Å². The molecule has 2 N–H and O–H groups in total. The van der Waals surface area contributed by atoms with E-state index in [0.29, 0.717) is 11.4 Å². The van der Waals surface area contributed by atoms with Gasteiger partial charge in [0, 0.05) is 30.6 Å². The first-order valence-electron chi connectivity index (χ1n) is 9.84. The molecule has 1 spiro atoms. The molecule has 2 aromatic carbocycles. The monoisotopic (exact) mass is 384 g/mol. The number of carbonyl (C=O) groups is 1. The summed E-state index contributed by atoms with van der Waals surface area (Å²) < 4.78 is 25.2. The fraction of sp³-hybridized carbons (Fsp3) is 0.409. The third-order valence-corrected chi connectivity index (χ3v) is 5.37. The summed E-state index contributed by atoms with van der Waals surface area (Å²) in [6, 6.07) is 11.7.